The van der Waals surface area contributed by atoms with Crippen molar-refractivity contribution in [2.24, 2.45) is 0 Å². The molecule has 0 saturated heterocycles. The number of sulfone groups is 1. The molecule has 0 atom stereocenters. The summed E-state index contributed by atoms with van der Waals surface area (Å²) < 4.78 is 29.1. The first-order valence-electron chi connectivity index (χ1n) is 7.07. The molecule has 0 heterocycles. The van der Waals surface area contributed by atoms with Crippen LogP contribution in [0.15, 0.2) is 24.3 Å². The summed E-state index contributed by atoms with van der Waals surface area (Å²) in [5, 5.41) is 8.94. The Bertz CT molecular complexity index is 571. The minimum absolute atomic E-state index is 0.0826. The van der Waals surface area contributed by atoms with Crippen LogP contribution in [0.3, 0.4) is 0 Å². The Labute approximate surface area is 124 Å². The smallest absolute Gasteiger partial charge is 0.321 e. The highest BCUT2D eigenvalue weighted by atomic mass is 32.2. The molecular formula is C15H20O5S. The second kappa shape index (κ2) is 7.04. The Morgan fingerprint density at radius 1 is 1.14 bits per heavy atom. The molecule has 0 bridgehead atoms. The second-order valence-corrected chi connectivity index (χ2v) is 7.47. The number of rotatable bonds is 6. The van der Waals surface area contributed by atoms with E-state index < -0.39 is 21.6 Å². The molecule has 1 N–H and O–H groups in total. The number of benzene rings is 1. The van der Waals surface area contributed by atoms with E-state index in [4.69, 9.17) is 9.84 Å². The fourth-order valence-corrected chi connectivity index (χ4v) is 3.68. The number of ether oxygens (including phenoxy) is 1. The lowest BCUT2D eigenvalue weighted by atomic mass is 10.2. The van der Waals surface area contributed by atoms with Gasteiger partial charge in [0.1, 0.15) is 11.9 Å². The van der Waals surface area contributed by atoms with E-state index in [0.717, 1.165) is 31.2 Å². The molecule has 0 spiro atoms. The molecule has 0 aliphatic heterocycles. The van der Waals surface area contributed by atoms with Crippen LogP contribution in [0.4, 0.5) is 0 Å². The van der Waals surface area contributed by atoms with E-state index in [9.17, 15) is 13.2 Å². The lowest BCUT2D eigenvalue weighted by Gasteiger charge is -2.11. The van der Waals surface area contributed by atoms with Crippen molar-refractivity contribution in [2.45, 2.75) is 44.1 Å². The second-order valence-electron chi connectivity index (χ2n) is 5.40. The van der Waals surface area contributed by atoms with Crippen molar-refractivity contribution in [2.75, 3.05) is 5.75 Å². The highest BCUT2D eigenvalue weighted by molar-refractivity contribution is 7.91. The van der Waals surface area contributed by atoms with Gasteiger partial charge in [-0.25, -0.2) is 8.42 Å². The van der Waals surface area contributed by atoms with Crippen LogP contribution in [0.5, 0.6) is 0 Å². The predicted molar refractivity (Wildman–Crippen MR) is 78.2 cm³/mol. The first kappa shape index (κ1) is 16.0. The first-order chi connectivity index (χ1) is 9.98. The summed E-state index contributed by atoms with van der Waals surface area (Å²) >= 11 is 0. The fraction of sp³-hybridized carbons (Fsp3) is 0.533. The Morgan fingerprint density at radius 2 is 1.71 bits per heavy atom. The number of hydrogen-bond acceptors (Lipinski definition) is 5. The molecule has 0 radical (unpaired) electrons. The van der Waals surface area contributed by atoms with Crippen LogP contribution >= 0.6 is 0 Å². The summed E-state index contributed by atoms with van der Waals surface area (Å²) in [5.74, 6) is -1.43. The number of aliphatic hydroxyl groups excluding tert-OH is 1. The molecule has 21 heavy (non-hydrogen) atoms. The fourth-order valence-electron chi connectivity index (χ4n) is 2.45. The van der Waals surface area contributed by atoms with Gasteiger partial charge in [-0.05, 0) is 36.8 Å². The average Bonchev–Trinajstić information content (AvgIpc) is 2.91. The summed E-state index contributed by atoms with van der Waals surface area (Å²) in [6.07, 6.45) is 3.60. The summed E-state index contributed by atoms with van der Waals surface area (Å²) in [5.41, 5.74) is 1.32. The monoisotopic (exact) mass is 312 g/mol. The highest BCUT2D eigenvalue weighted by Crippen LogP contribution is 2.21. The van der Waals surface area contributed by atoms with E-state index >= 15 is 0 Å². The van der Waals surface area contributed by atoms with Gasteiger partial charge in [0.05, 0.1) is 12.4 Å². The first-order valence-corrected chi connectivity index (χ1v) is 8.89. The molecule has 1 aliphatic carbocycles. The maximum absolute atomic E-state index is 12.0. The van der Waals surface area contributed by atoms with Crippen molar-refractivity contribution in [1.29, 1.82) is 0 Å². The van der Waals surface area contributed by atoms with E-state index in [1.807, 2.05) is 0 Å². The van der Waals surface area contributed by atoms with E-state index in [2.05, 4.69) is 0 Å². The average molecular weight is 312 g/mol. The molecule has 0 amide bonds. The summed E-state index contributed by atoms with van der Waals surface area (Å²) in [6, 6.07) is 6.63. The maximum Gasteiger partial charge on any atom is 0.321 e. The zero-order chi connectivity index (χ0) is 15.3. The van der Waals surface area contributed by atoms with Crippen LogP contribution in [0, 0.1) is 0 Å². The molecule has 6 heteroatoms. The van der Waals surface area contributed by atoms with Gasteiger partial charge in [0, 0.05) is 0 Å². The Hall–Kier alpha value is -1.40. The molecule has 1 aromatic rings. The minimum Gasteiger partial charge on any atom is -0.462 e. The summed E-state index contributed by atoms with van der Waals surface area (Å²) in [4.78, 5) is 11.7. The lowest BCUT2D eigenvalue weighted by Crippen LogP contribution is -2.23. The quantitative estimate of drug-likeness (QED) is 0.807. The molecule has 1 saturated carbocycles. The normalized spacial score (nSPS) is 16.0. The minimum atomic E-state index is -3.53. The van der Waals surface area contributed by atoms with Crippen molar-refractivity contribution in [3.63, 3.8) is 0 Å². The van der Waals surface area contributed by atoms with Crippen LogP contribution in [0.2, 0.25) is 0 Å². The zero-order valence-electron chi connectivity index (χ0n) is 11.8. The third-order valence-corrected chi connectivity index (χ3v) is 4.98. The number of carbonyl (C=O) groups is 1. The Balaban J connectivity index is 1.89. The number of carbonyl (C=O) groups excluding carboxylic acids is 1. The maximum atomic E-state index is 12.0. The summed E-state index contributed by atoms with van der Waals surface area (Å²) in [6.45, 7) is -0.0826. The largest absolute Gasteiger partial charge is 0.462 e. The topological polar surface area (TPSA) is 80.7 Å². The standard InChI is InChI=1S/C15H20O5S/c16-9-12-5-7-13(8-6-12)10-21(18,19)11-15(17)20-14-3-1-2-4-14/h5-8,14,16H,1-4,9-11H2. The van der Waals surface area contributed by atoms with Gasteiger partial charge < -0.3 is 9.84 Å². The van der Waals surface area contributed by atoms with Gasteiger partial charge in [-0.3, -0.25) is 4.79 Å². The van der Waals surface area contributed by atoms with Gasteiger partial charge in [-0.2, -0.15) is 0 Å². The van der Waals surface area contributed by atoms with Crippen LogP contribution in [0.25, 0.3) is 0 Å². The van der Waals surface area contributed by atoms with Crippen molar-refractivity contribution in [1.82, 2.24) is 0 Å². The highest BCUT2D eigenvalue weighted by Gasteiger charge is 2.23. The molecule has 1 aromatic carbocycles. The Kier molecular flexibility index (Phi) is 5.36. The van der Waals surface area contributed by atoms with E-state index in [1.54, 1.807) is 24.3 Å². The number of hydrogen-bond donors (Lipinski definition) is 1. The SMILES string of the molecule is O=C(CS(=O)(=O)Cc1ccc(CO)cc1)OC1CCCC1. The van der Waals surface area contributed by atoms with Crippen LogP contribution < -0.4 is 0 Å². The molecule has 0 unspecified atom stereocenters. The van der Waals surface area contributed by atoms with Gasteiger partial charge in [0.25, 0.3) is 0 Å². The van der Waals surface area contributed by atoms with Crippen molar-refractivity contribution in [3.8, 4) is 0 Å². The molecule has 116 valence electrons. The van der Waals surface area contributed by atoms with Gasteiger partial charge >= 0.3 is 5.97 Å². The van der Waals surface area contributed by atoms with Crippen LogP contribution in [-0.2, 0) is 31.7 Å². The molecule has 5 nitrogen and oxygen atoms in total. The summed E-state index contributed by atoms with van der Waals surface area (Å²) in [7, 11) is -3.53. The van der Waals surface area contributed by atoms with Crippen molar-refractivity contribution in [3.05, 3.63) is 35.4 Å². The third kappa shape index (κ3) is 5.13. The molecule has 2 rings (SSSR count). The van der Waals surface area contributed by atoms with E-state index in [1.165, 1.54) is 0 Å². The van der Waals surface area contributed by atoms with Gasteiger partial charge in [0.2, 0.25) is 0 Å². The van der Waals surface area contributed by atoms with Gasteiger partial charge in [-0.15, -0.1) is 0 Å². The van der Waals surface area contributed by atoms with Crippen molar-refractivity contribution >= 4 is 15.8 Å². The molecule has 1 aliphatic rings. The van der Waals surface area contributed by atoms with Crippen molar-refractivity contribution < 1.29 is 23.1 Å². The Morgan fingerprint density at radius 3 is 2.29 bits per heavy atom. The predicted octanol–water partition coefficient (Wildman–Crippen LogP) is 1.58. The zero-order valence-corrected chi connectivity index (χ0v) is 12.6. The van der Waals surface area contributed by atoms with E-state index in [-0.39, 0.29) is 18.5 Å². The van der Waals surface area contributed by atoms with Gasteiger partial charge in [0.15, 0.2) is 9.84 Å². The third-order valence-electron chi connectivity index (χ3n) is 3.53. The van der Waals surface area contributed by atoms with Crippen LogP contribution in [0.1, 0.15) is 36.8 Å². The molecule has 1 fully saturated rings. The van der Waals surface area contributed by atoms with Crippen LogP contribution in [-0.4, -0.2) is 31.4 Å². The number of esters is 1. The number of aliphatic hydroxyl groups is 1. The molecule has 0 aromatic heterocycles. The van der Waals surface area contributed by atoms with Gasteiger partial charge in [-0.1, -0.05) is 24.3 Å². The van der Waals surface area contributed by atoms with E-state index in [0.29, 0.717) is 5.56 Å². The molecular weight excluding hydrogens is 292 g/mol. The lowest BCUT2D eigenvalue weighted by molar-refractivity contribution is -0.145.